The molecule has 3 aliphatic rings. The van der Waals surface area contributed by atoms with Crippen LogP contribution in [0.2, 0.25) is 0 Å². The molecule has 8 unspecified atom stereocenters. The first-order valence-corrected chi connectivity index (χ1v) is 18.7. The molecule has 0 amide bonds. The Kier molecular flexibility index (Phi) is 14.7. The molecule has 13 heteroatoms. The minimum atomic E-state index is -1.84. The van der Waals surface area contributed by atoms with Gasteiger partial charge in [0, 0.05) is 50.1 Å². The van der Waals surface area contributed by atoms with Gasteiger partial charge < -0.3 is 53.7 Å². The van der Waals surface area contributed by atoms with Crippen molar-refractivity contribution in [3.63, 3.8) is 0 Å². The largest absolute Gasteiger partial charge is 0.459 e. The maximum absolute atomic E-state index is 14.1. The fourth-order valence-corrected chi connectivity index (χ4v) is 8.76. The fraction of sp³-hybridized carbons (Fsp3) is 0.947. The average Bonchev–Trinajstić information content (AvgIpc) is 3.04. The van der Waals surface area contributed by atoms with Crippen LogP contribution >= 0.6 is 0 Å². The number of hydrogen-bond acceptors (Lipinski definition) is 13. The zero-order chi connectivity index (χ0) is 39.0. The van der Waals surface area contributed by atoms with Crippen LogP contribution in [-0.2, 0) is 33.2 Å². The molecule has 0 aromatic rings. The number of ether oxygens (including phenoxy) is 6. The van der Waals surface area contributed by atoms with E-state index in [1.54, 1.807) is 48.6 Å². The number of rotatable bonds is 6. The number of nitrogens with zero attached hydrogens (tertiary/aromatic N) is 2. The Balaban J connectivity index is 2.19. The summed E-state index contributed by atoms with van der Waals surface area (Å²) in [5, 5.41) is 46.6. The van der Waals surface area contributed by atoms with E-state index in [1.165, 1.54) is 14.0 Å². The molecule has 13 nitrogen and oxygen atoms in total. The van der Waals surface area contributed by atoms with Crippen molar-refractivity contribution in [2.45, 2.75) is 174 Å². The van der Waals surface area contributed by atoms with Crippen LogP contribution in [0.4, 0.5) is 0 Å². The normalized spacial score (nSPS) is 50.5. The summed E-state index contributed by atoms with van der Waals surface area (Å²) in [7, 11) is 7.22. The number of esters is 1. The van der Waals surface area contributed by atoms with E-state index >= 15 is 0 Å². The molecule has 3 rings (SSSR count). The molecule has 0 radical (unpaired) electrons. The number of hydrogen-bond donors (Lipinski definition) is 4. The number of carbonyl (C=O) groups is 1. The summed E-state index contributed by atoms with van der Waals surface area (Å²) in [6.07, 6.45) is -6.47. The summed E-state index contributed by atoms with van der Waals surface area (Å²) in [4.78, 5) is 20.8. The van der Waals surface area contributed by atoms with Crippen LogP contribution in [0.15, 0.2) is 4.99 Å². The molecular weight excluding hydrogens is 660 g/mol. The van der Waals surface area contributed by atoms with Crippen LogP contribution in [-0.4, -0.2) is 143 Å². The maximum Gasteiger partial charge on any atom is 0.311 e. The van der Waals surface area contributed by atoms with E-state index in [1.807, 2.05) is 34.9 Å². The van der Waals surface area contributed by atoms with Crippen molar-refractivity contribution >= 4 is 11.7 Å². The highest BCUT2D eigenvalue weighted by molar-refractivity contribution is 5.89. The van der Waals surface area contributed by atoms with E-state index in [4.69, 9.17) is 28.4 Å². The molecule has 3 heterocycles. The molecular formula is C38H70N2O11. The molecule has 0 saturated carbocycles. The lowest BCUT2D eigenvalue weighted by Crippen LogP contribution is -2.60. The average molecular weight is 731 g/mol. The molecule has 4 N–H and O–H groups in total. The van der Waals surface area contributed by atoms with Crippen molar-refractivity contribution in [3.05, 3.63) is 0 Å². The van der Waals surface area contributed by atoms with Gasteiger partial charge in [0.2, 0.25) is 0 Å². The molecule has 0 aliphatic carbocycles. The second-order valence-corrected chi connectivity index (χ2v) is 16.8. The van der Waals surface area contributed by atoms with Gasteiger partial charge in [-0.2, -0.15) is 0 Å². The summed E-state index contributed by atoms with van der Waals surface area (Å²) in [5.74, 6) is -3.35. The molecule has 0 bridgehead atoms. The van der Waals surface area contributed by atoms with Crippen molar-refractivity contribution in [2.75, 3.05) is 28.3 Å². The van der Waals surface area contributed by atoms with Gasteiger partial charge in [0.15, 0.2) is 12.6 Å². The molecule has 3 aliphatic heterocycles. The van der Waals surface area contributed by atoms with Crippen molar-refractivity contribution in [1.29, 1.82) is 0 Å². The molecule has 0 aromatic heterocycles. The summed E-state index contributed by atoms with van der Waals surface area (Å²) >= 11 is 0. The van der Waals surface area contributed by atoms with Crippen LogP contribution in [0, 0.1) is 29.6 Å². The van der Waals surface area contributed by atoms with Gasteiger partial charge in [-0.1, -0.05) is 27.7 Å². The number of aliphatic imine (C=N–C) groups is 1. The Labute approximate surface area is 306 Å². The van der Waals surface area contributed by atoms with E-state index in [0.717, 1.165) is 6.42 Å². The minimum Gasteiger partial charge on any atom is -0.459 e. The standard InChI is InChI=1S/C38H70N2O11/c1-19-17-36(9,44)33(51-35-21(3)27(40(13)14)16-20(2)47-35)23(5)30(50-28-18-37(10,46-15)32(42)25(7)48-28)24(6)34(43)49-26(8)38(11,45)31(41)22(4)29(19)39-12/h19-28,30-33,35,41-42,44-45H,16-18H2,1-15H3/t19-,20?,21?,22+,23+,24-,25?,26-,27?,28?,30+,31-,32?,33-,35?,36+,37?,38-/m1/s1. The molecule has 3 fully saturated rings. The molecule has 18 atom stereocenters. The number of aliphatic hydroxyl groups is 4. The van der Waals surface area contributed by atoms with Crippen molar-refractivity contribution in [2.24, 2.45) is 34.6 Å². The number of cyclic esters (lactones) is 1. The van der Waals surface area contributed by atoms with Crippen LogP contribution in [0.25, 0.3) is 0 Å². The highest BCUT2D eigenvalue weighted by Crippen LogP contribution is 2.41. The third-order valence-corrected chi connectivity index (χ3v) is 12.3. The maximum atomic E-state index is 14.1. The third-order valence-electron chi connectivity index (χ3n) is 12.3. The van der Waals surface area contributed by atoms with E-state index in [2.05, 4.69) is 16.8 Å². The summed E-state index contributed by atoms with van der Waals surface area (Å²) < 4.78 is 37.9. The van der Waals surface area contributed by atoms with Gasteiger partial charge in [-0.05, 0) is 81.3 Å². The summed E-state index contributed by atoms with van der Waals surface area (Å²) in [5.41, 5.74) is -3.78. The highest BCUT2D eigenvalue weighted by Gasteiger charge is 2.52. The van der Waals surface area contributed by atoms with Crippen LogP contribution in [0.3, 0.4) is 0 Å². The van der Waals surface area contributed by atoms with Gasteiger partial charge >= 0.3 is 5.97 Å². The second-order valence-electron chi connectivity index (χ2n) is 16.8. The second kappa shape index (κ2) is 17.0. The summed E-state index contributed by atoms with van der Waals surface area (Å²) in [6.45, 7) is 19.6. The Morgan fingerprint density at radius 2 is 1.47 bits per heavy atom. The lowest BCUT2D eigenvalue weighted by molar-refractivity contribution is -0.312. The van der Waals surface area contributed by atoms with E-state index in [-0.39, 0.29) is 36.8 Å². The smallest absolute Gasteiger partial charge is 0.311 e. The monoisotopic (exact) mass is 730 g/mol. The molecule has 298 valence electrons. The lowest BCUT2D eigenvalue weighted by Gasteiger charge is -2.49. The van der Waals surface area contributed by atoms with E-state index in [9.17, 15) is 25.2 Å². The van der Waals surface area contributed by atoms with Crippen LogP contribution in [0.1, 0.15) is 95.4 Å². The van der Waals surface area contributed by atoms with Gasteiger partial charge in [-0.15, -0.1) is 0 Å². The van der Waals surface area contributed by atoms with Crippen molar-refractivity contribution < 1.29 is 53.6 Å². The van der Waals surface area contributed by atoms with Gasteiger partial charge in [0.05, 0.1) is 47.6 Å². The zero-order valence-corrected chi connectivity index (χ0v) is 33.8. The Morgan fingerprint density at radius 3 is 2.02 bits per heavy atom. The van der Waals surface area contributed by atoms with Crippen molar-refractivity contribution in [3.8, 4) is 0 Å². The van der Waals surface area contributed by atoms with Gasteiger partial charge in [-0.25, -0.2) is 0 Å². The highest BCUT2D eigenvalue weighted by atomic mass is 16.7. The number of carbonyl (C=O) groups excluding carboxylic acids is 1. The van der Waals surface area contributed by atoms with Crippen LogP contribution in [0.5, 0.6) is 0 Å². The van der Waals surface area contributed by atoms with Gasteiger partial charge in [0.1, 0.15) is 17.8 Å². The molecule has 0 aromatic carbocycles. The first-order chi connectivity index (χ1) is 23.4. The summed E-state index contributed by atoms with van der Waals surface area (Å²) in [6, 6.07) is 0.156. The Hall–Kier alpha value is -1.26. The Morgan fingerprint density at radius 1 is 0.863 bits per heavy atom. The van der Waals surface area contributed by atoms with E-state index < -0.39 is 89.7 Å². The fourth-order valence-electron chi connectivity index (χ4n) is 8.76. The predicted molar refractivity (Wildman–Crippen MR) is 193 cm³/mol. The first kappa shape index (κ1) is 44.1. The van der Waals surface area contributed by atoms with Crippen LogP contribution < -0.4 is 0 Å². The Bertz CT molecular complexity index is 1180. The topological polar surface area (TPSA) is 169 Å². The number of methoxy groups -OCH3 is 1. The molecule has 51 heavy (non-hydrogen) atoms. The third kappa shape index (κ3) is 9.52. The molecule has 0 spiro atoms. The predicted octanol–water partition coefficient (Wildman–Crippen LogP) is 3.17. The minimum absolute atomic E-state index is 0.0658. The zero-order valence-electron chi connectivity index (χ0n) is 33.8. The first-order valence-electron chi connectivity index (χ1n) is 18.7. The van der Waals surface area contributed by atoms with Gasteiger partial charge in [0.25, 0.3) is 0 Å². The van der Waals surface area contributed by atoms with Crippen molar-refractivity contribution in [1.82, 2.24) is 4.90 Å². The van der Waals surface area contributed by atoms with E-state index in [0.29, 0.717) is 5.71 Å². The molecule has 3 saturated heterocycles. The number of aliphatic hydroxyl groups excluding tert-OH is 2. The lowest BCUT2D eigenvalue weighted by atomic mass is 9.74. The van der Waals surface area contributed by atoms with Gasteiger partial charge in [-0.3, -0.25) is 9.79 Å². The quantitative estimate of drug-likeness (QED) is 0.295. The SMILES string of the molecule is CN=C1[C@H](C)C[C@](C)(O)[C@H](OC2OC(C)CC(N(C)C)C2C)[C@@H](C)[C@H](OC2CC(C)(OC)C(O)C(C)O2)[C@@H](C)C(=O)O[C@H](C)[C@@](C)(O)[C@H](O)[C@H]1C.